The van der Waals surface area contributed by atoms with E-state index in [9.17, 15) is 9.59 Å². The van der Waals surface area contributed by atoms with Crippen LogP contribution in [-0.4, -0.2) is 74.5 Å². The maximum absolute atomic E-state index is 13.2. The van der Waals surface area contributed by atoms with Gasteiger partial charge in [-0.25, -0.2) is 14.8 Å². The number of hydrogen-bond donors (Lipinski definition) is 2. The van der Waals surface area contributed by atoms with Crippen molar-refractivity contribution >= 4 is 46.5 Å². The summed E-state index contributed by atoms with van der Waals surface area (Å²) in [4.78, 5) is 38.4. The zero-order valence-corrected chi connectivity index (χ0v) is 24.6. The first kappa shape index (κ1) is 29.3. The normalized spacial score (nSPS) is 15.2. The van der Waals surface area contributed by atoms with Crippen LogP contribution in [0.3, 0.4) is 0 Å². The van der Waals surface area contributed by atoms with Crippen LogP contribution in [-0.2, 0) is 13.1 Å². The second-order valence-corrected chi connectivity index (χ2v) is 11.4. The number of thiophene rings is 1. The Kier molecular flexibility index (Phi) is 10.6. The highest BCUT2D eigenvalue weighted by atomic mass is 35.5. The first-order valence-corrected chi connectivity index (χ1v) is 14.9. The highest BCUT2D eigenvalue weighted by molar-refractivity contribution is 7.07. The lowest BCUT2D eigenvalue weighted by Crippen LogP contribution is -2.52. The number of rotatable bonds is 11. The summed E-state index contributed by atoms with van der Waals surface area (Å²) >= 11 is 13.7. The third-order valence-electron chi connectivity index (χ3n) is 7.18. The lowest BCUT2D eigenvalue weighted by Gasteiger charge is -2.40. The molecule has 0 radical (unpaired) electrons. The van der Waals surface area contributed by atoms with Crippen molar-refractivity contribution in [2.75, 3.05) is 26.2 Å². The molecule has 4 heterocycles. The van der Waals surface area contributed by atoms with Crippen molar-refractivity contribution < 1.29 is 9.59 Å². The van der Waals surface area contributed by atoms with Gasteiger partial charge in [-0.1, -0.05) is 23.2 Å². The smallest absolute Gasteiger partial charge is 0.318 e. The first-order valence-electron chi connectivity index (χ1n) is 13.2. The van der Waals surface area contributed by atoms with Crippen LogP contribution < -0.4 is 10.6 Å². The average Bonchev–Trinajstić information content (AvgIpc) is 3.61. The van der Waals surface area contributed by atoms with Gasteiger partial charge in [-0.2, -0.15) is 11.3 Å². The van der Waals surface area contributed by atoms with Gasteiger partial charge in [-0.05, 0) is 67.1 Å². The van der Waals surface area contributed by atoms with Crippen LogP contribution in [0.1, 0.15) is 47.7 Å². The zero-order valence-electron chi connectivity index (χ0n) is 22.3. The third-order valence-corrected chi connectivity index (χ3v) is 8.38. The minimum Gasteiger partial charge on any atom is -0.352 e. The average molecular weight is 593 g/mol. The fourth-order valence-corrected chi connectivity index (χ4v) is 6.21. The second-order valence-electron chi connectivity index (χ2n) is 9.88. The molecule has 210 valence electrons. The maximum Gasteiger partial charge on any atom is 0.318 e. The highest BCUT2D eigenvalue weighted by Gasteiger charge is 2.30. The van der Waals surface area contributed by atoms with Gasteiger partial charge in [0.1, 0.15) is 10.3 Å². The van der Waals surface area contributed by atoms with E-state index in [0.717, 1.165) is 37.9 Å². The number of imidazole rings is 1. The van der Waals surface area contributed by atoms with E-state index in [2.05, 4.69) is 43.9 Å². The molecule has 39 heavy (non-hydrogen) atoms. The molecule has 1 aliphatic heterocycles. The number of carbonyl (C=O) groups excluding carboxylic acids is 2. The lowest BCUT2D eigenvalue weighted by atomic mass is 10.0. The molecule has 0 spiro atoms. The van der Waals surface area contributed by atoms with Crippen molar-refractivity contribution in [1.82, 2.24) is 35.0 Å². The molecule has 3 amide bonds. The number of aromatic nitrogens is 3. The van der Waals surface area contributed by atoms with Crippen LogP contribution >= 0.6 is 34.5 Å². The third kappa shape index (κ3) is 8.17. The van der Waals surface area contributed by atoms with Crippen molar-refractivity contribution in [2.24, 2.45) is 0 Å². The van der Waals surface area contributed by atoms with Gasteiger partial charge < -0.3 is 25.0 Å². The maximum atomic E-state index is 13.2. The number of hydrogen-bond acceptors (Lipinski definition) is 6. The van der Waals surface area contributed by atoms with Crippen molar-refractivity contribution in [3.05, 3.63) is 68.6 Å². The van der Waals surface area contributed by atoms with Crippen LogP contribution in [0.4, 0.5) is 4.79 Å². The summed E-state index contributed by atoms with van der Waals surface area (Å²) < 4.78 is 1.95. The molecular weight excluding hydrogens is 557 g/mol. The lowest BCUT2D eigenvalue weighted by molar-refractivity contribution is 0.0904. The molecule has 1 fully saturated rings. The number of nitrogens with zero attached hydrogens (tertiary/aromatic N) is 5. The van der Waals surface area contributed by atoms with Gasteiger partial charge in [-0.15, -0.1) is 0 Å². The molecule has 1 atom stereocenters. The van der Waals surface area contributed by atoms with Gasteiger partial charge in [0, 0.05) is 63.7 Å². The number of urea groups is 1. The van der Waals surface area contributed by atoms with Gasteiger partial charge in [-0.3, -0.25) is 4.79 Å². The topological polar surface area (TPSA) is 95.4 Å². The van der Waals surface area contributed by atoms with E-state index in [1.54, 1.807) is 36.9 Å². The van der Waals surface area contributed by atoms with Gasteiger partial charge >= 0.3 is 6.03 Å². The molecule has 2 N–H and O–H groups in total. The van der Waals surface area contributed by atoms with Crippen LogP contribution in [0.25, 0.3) is 0 Å². The van der Waals surface area contributed by atoms with Gasteiger partial charge in [0.2, 0.25) is 0 Å². The molecule has 0 saturated carbocycles. The summed E-state index contributed by atoms with van der Waals surface area (Å²) in [6, 6.07) is 4.15. The Balaban J connectivity index is 1.25. The SMILES string of the molecule is Cc1cc(Cl)nc(Cl)c1C(=O)NCC[C@@H](C)N1CCC(N(Cc2ccsc2)C(=O)NCCn2ccnc2)CC1. The van der Waals surface area contributed by atoms with E-state index in [-0.39, 0.29) is 28.3 Å². The molecule has 0 bridgehead atoms. The molecule has 0 unspecified atom stereocenters. The van der Waals surface area contributed by atoms with Crippen molar-refractivity contribution in [2.45, 2.75) is 58.3 Å². The standard InChI is InChI=1S/C27H35Cl2N7O2S/c1-19-15-23(28)33-25(29)24(19)26(37)31-7-3-20(2)35-10-4-22(5-11-35)36(16-21-6-14-39-17-21)27(38)32-9-13-34-12-8-30-18-34/h6,8,12,14-15,17-18,20,22H,3-5,7,9-11,13,16H2,1-2H3,(H,31,37)(H,32,38)/t20-/m1/s1. The van der Waals surface area contributed by atoms with E-state index in [0.29, 0.717) is 43.3 Å². The number of piperidine rings is 1. The summed E-state index contributed by atoms with van der Waals surface area (Å²) in [5, 5.41) is 10.6. The van der Waals surface area contributed by atoms with Gasteiger partial charge in [0.15, 0.2) is 0 Å². The number of carbonyl (C=O) groups is 2. The van der Waals surface area contributed by atoms with E-state index < -0.39 is 0 Å². The van der Waals surface area contributed by atoms with Crippen molar-refractivity contribution in [3.8, 4) is 0 Å². The van der Waals surface area contributed by atoms with Crippen LogP contribution in [0.5, 0.6) is 0 Å². The molecule has 3 aromatic heterocycles. The number of pyridine rings is 1. The number of likely N-dealkylation sites (tertiary alicyclic amines) is 1. The number of nitrogens with one attached hydrogen (secondary N) is 2. The molecule has 9 nitrogen and oxygen atoms in total. The number of halogens is 2. The fraction of sp³-hybridized carbons (Fsp3) is 0.481. The van der Waals surface area contributed by atoms with Crippen LogP contribution in [0.15, 0.2) is 41.6 Å². The molecule has 12 heteroatoms. The fourth-order valence-electron chi connectivity index (χ4n) is 4.93. The Morgan fingerprint density at radius 2 is 2.03 bits per heavy atom. The zero-order chi connectivity index (χ0) is 27.8. The van der Waals surface area contributed by atoms with Crippen molar-refractivity contribution in [1.29, 1.82) is 0 Å². The minimum absolute atomic E-state index is 0.0267. The van der Waals surface area contributed by atoms with E-state index in [1.165, 1.54) is 0 Å². The predicted octanol–water partition coefficient (Wildman–Crippen LogP) is 4.84. The second kappa shape index (κ2) is 14.1. The molecule has 1 saturated heterocycles. The Bertz CT molecular complexity index is 1190. The number of aryl methyl sites for hydroxylation is 1. The Labute approximate surface area is 243 Å². The summed E-state index contributed by atoms with van der Waals surface area (Å²) in [7, 11) is 0. The largest absolute Gasteiger partial charge is 0.352 e. The molecule has 3 aromatic rings. The van der Waals surface area contributed by atoms with Gasteiger partial charge in [0.25, 0.3) is 5.91 Å². The molecule has 1 aliphatic rings. The molecule has 0 aliphatic carbocycles. The molecular formula is C27H35Cl2N7O2S. The van der Waals surface area contributed by atoms with Crippen LogP contribution in [0, 0.1) is 6.92 Å². The molecule has 4 rings (SSSR count). The Hall–Kier alpha value is -2.66. The molecule has 0 aromatic carbocycles. The summed E-state index contributed by atoms with van der Waals surface area (Å²) in [5.74, 6) is -0.240. The Morgan fingerprint density at radius 1 is 1.23 bits per heavy atom. The van der Waals surface area contributed by atoms with E-state index in [4.69, 9.17) is 23.2 Å². The Morgan fingerprint density at radius 3 is 2.69 bits per heavy atom. The van der Waals surface area contributed by atoms with Gasteiger partial charge in [0.05, 0.1) is 11.9 Å². The summed E-state index contributed by atoms with van der Waals surface area (Å²) in [5.41, 5.74) is 2.22. The highest BCUT2D eigenvalue weighted by Crippen LogP contribution is 2.23. The summed E-state index contributed by atoms with van der Waals surface area (Å²) in [6.45, 7) is 8.14. The quantitative estimate of drug-likeness (QED) is 0.311. The van der Waals surface area contributed by atoms with E-state index in [1.807, 2.05) is 21.0 Å². The van der Waals surface area contributed by atoms with Crippen LogP contribution in [0.2, 0.25) is 10.3 Å². The van der Waals surface area contributed by atoms with Crippen molar-refractivity contribution in [3.63, 3.8) is 0 Å². The predicted molar refractivity (Wildman–Crippen MR) is 155 cm³/mol. The summed E-state index contributed by atoms with van der Waals surface area (Å²) in [6.07, 6.45) is 8.00. The monoisotopic (exact) mass is 591 g/mol. The first-order chi connectivity index (χ1) is 18.8. The number of amides is 3. The minimum atomic E-state index is -0.240. The van der Waals surface area contributed by atoms with E-state index >= 15 is 0 Å².